The van der Waals surface area contributed by atoms with E-state index < -0.39 is 7.14 Å². The van der Waals surface area contributed by atoms with E-state index in [0.717, 1.165) is 26.9 Å². The second kappa shape index (κ2) is 7.27. The Morgan fingerprint density at radius 1 is 0.633 bits per heavy atom. The van der Waals surface area contributed by atoms with Crippen LogP contribution >= 0.6 is 7.14 Å². The first-order valence-corrected chi connectivity index (χ1v) is 12.4. The predicted octanol–water partition coefficient (Wildman–Crippen LogP) is 6.91. The number of hydrogen-bond acceptors (Lipinski definition) is 1. The highest BCUT2D eigenvalue weighted by Crippen LogP contribution is 2.45. The van der Waals surface area contributed by atoms with Gasteiger partial charge in [-0.15, -0.1) is 0 Å². The van der Waals surface area contributed by atoms with Crippen molar-refractivity contribution in [1.82, 2.24) is 0 Å². The minimum Gasteiger partial charge on any atom is -0.314 e. The van der Waals surface area contributed by atoms with Crippen molar-refractivity contribution in [3.05, 3.63) is 109 Å². The smallest absolute Gasteiger partial charge is 0.140 e. The van der Waals surface area contributed by atoms with E-state index in [9.17, 15) is 4.57 Å². The predicted molar refractivity (Wildman–Crippen MR) is 131 cm³/mol. The summed E-state index contributed by atoms with van der Waals surface area (Å²) in [6.07, 6.45) is 0. The highest BCUT2D eigenvalue weighted by Gasteiger charge is 2.26. The molecule has 0 unspecified atom stereocenters. The Labute approximate surface area is 177 Å². The van der Waals surface area contributed by atoms with Crippen LogP contribution in [0.15, 0.2) is 103 Å². The van der Waals surface area contributed by atoms with Crippen molar-refractivity contribution in [2.45, 2.75) is 6.92 Å². The Morgan fingerprint density at radius 2 is 1.23 bits per heavy atom. The highest BCUT2D eigenvalue weighted by molar-refractivity contribution is 7.78. The van der Waals surface area contributed by atoms with E-state index in [1.165, 1.54) is 21.9 Å². The van der Waals surface area contributed by atoms with Crippen LogP contribution in [0.25, 0.3) is 32.7 Å². The zero-order chi connectivity index (χ0) is 20.7. The van der Waals surface area contributed by atoms with Crippen molar-refractivity contribution in [3.63, 3.8) is 0 Å². The standard InChI is InChI=1S/C28H23OP/c1-20-16-17-21-10-8-9-15-25(21)28(20)26-18-22-11-6-7-12-23(22)19-27(26)30(2,29)24-13-4-3-5-14-24/h3-19H,1-2H3/t30-/m0/s1. The molecule has 0 amide bonds. The van der Waals surface area contributed by atoms with Crippen molar-refractivity contribution >= 4 is 39.3 Å². The molecule has 0 aliphatic carbocycles. The van der Waals surface area contributed by atoms with E-state index in [1.807, 2.05) is 43.1 Å². The van der Waals surface area contributed by atoms with Crippen LogP contribution in [0.4, 0.5) is 0 Å². The van der Waals surface area contributed by atoms with Gasteiger partial charge in [0.15, 0.2) is 0 Å². The summed E-state index contributed by atoms with van der Waals surface area (Å²) < 4.78 is 14.3. The molecule has 1 nitrogen and oxygen atoms in total. The van der Waals surface area contributed by atoms with Crippen molar-refractivity contribution < 1.29 is 4.57 Å². The molecule has 0 radical (unpaired) electrons. The maximum atomic E-state index is 14.3. The third kappa shape index (κ3) is 3.07. The zero-order valence-corrected chi connectivity index (χ0v) is 18.1. The van der Waals surface area contributed by atoms with Gasteiger partial charge in [-0.25, -0.2) is 0 Å². The molecule has 0 saturated carbocycles. The van der Waals surface area contributed by atoms with Gasteiger partial charge in [0.2, 0.25) is 0 Å². The average molecular weight is 406 g/mol. The third-order valence-corrected chi connectivity index (χ3v) is 8.55. The second-order valence-electron chi connectivity index (χ2n) is 7.95. The van der Waals surface area contributed by atoms with Crippen LogP contribution in [0, 0.1) is 6.92 Å². The van der Waals surface area contributed by atoms with E-state index in [-0.39, 0.29) is 0 Å². The molecule has 1 atom stereocenters. The molecule has 30 heavy (non-hydrogen) atoms. The first kappa shape index (κ1) is 18.9. The van der Waals surface area contributed by atoms with Crippen LogP contribution in [0.3, 0.4) is 0 Å². The first-order chi connectivity index (χ1) is 14.6. The molecule has 5 rings (SSSR count). The number of aryl methyl sites for hydroxylation is 1. The fraction of sp³-hybridized carbons (Fsp3) is 0.0714. The molecule has 2 heteroatoms. The van der Waals surface area contributed by atoms with E-state index in [0.29, 0.717) is 0 Å². The minimum absolute atomic E-state index is 0.888. The van der Waals surface area contributed by atoms with Gasteiger partial charge < -0.3 is 4.57 Å². The monoisotopic (exact) mass is 406 g/mol. The van der Waals surface area contributed by atoms with Gasteiger partial charge in [-0.1, -0.05) is 91.0 Å². The lowest BCUT2D eigenvalue weighted by atomic mass is 9.92. The summed E-state index contributed by atoms with van der Waals surface area (Å²) in [6.45, 7) is 4.04. The molecule has 0 fully saturated rings. The summed E-state index contributed by atoms with van der Waals surface area (Å²) in [6, 6.07) is 35.3. The molecular formula is C28H23OP. The Bertz CT molecular complexity index is 1430. The molecule has 5 aromatic rings. The van der Waals surface area contributed by atoms with E-state index in [2.05, 4.69) is 73.7 Å². The Kier molecular flexibility index (Phi) is 4.57. The molecule has 0 aliphatic rings. The normalized spacial score (nSPS) is 13.4. The van der Waals surface area contributed by atoms with Gasteiger partial charge in [0, 0.05) is 10.6 Å². The molecule has 0 heterocycles. The average Bonchev–Trinajstić information content (AvgIpc) is 2.79. The van der Waals surface area contributed by atoms with Gasteiger partial charge in [-0.3, -0.25) is 0 Å². The molecule has 0 saturated heterocycles. The van der Waals surface area contributed by atoms with Crippen LogP contribution < -0.4 is 10.6 Å². The lowest BCUT2D eigenvalue weighted by Crippen LogP contribution is -2.17. The number of rotatable bonds is 3. The molecule has 146 valence electrons. The van der Waals surface area contributed by atoms with Gasteiger partial charge >= 0.3 is 0 Å². The third-order valence-electron chi connectivity index (χ3n) is 5.98. The Balaban J connectivity index is 1.91. The lowest BCUT2D eigenvalue weighted by molar-refractivity contribution is 0.590. The summed E-state index contributed by atoms with van der Waals surface area (Å²) in [5, 5.41) is 6.49. The molecule has 0 spiro atoms. The van der Waals surface area contributed by atoms with Crippen molar-refractivity contribution in [2.75, 3.05) is 6.66 Å². The van der Waals surface area contributed by atoms with E-state index >= 15 is 0 Å². The Hall–Kier alpha value is -3.15. The molecule has 0 bridgehead atoms. The quantitative estimate of drug-likeness (QED) is 0.298. The van der Waals surface area contributed by atoms with Crippen molar-refractivity contribution in [2.24, 2.45) is 0 Å². The number of hydrogen-bond donors (Lipinski definition) is 0. The fourth-order valence-corrected chi connectivity index (χ4v) is 6.41. The lowest BCUT2D eigenvalue weighted by Gasteiger charge is -2.21. The van der Waals surface area contributed by atoms with Gasteiger partial charge in [0.1, 0.15) is 7.14 Å². The summed E-state index contributed by atoms with van der Waals surface area (Å²) in [7, 11) is -2.80. The van der Waals surface area contributed by atoms with Gasteiger partial charge in [0.25, 0.3) is 0 Å². The van der Waals surface area contributed by atoms with Crippen LogP contribution in [-0.4, -0.2) is 6.66 Å². The van der Waals surface area contributed by atoms with E-state index in [4.69, 9.17) is 0 Å². The largest absolute Gasteiger partial charge is 0.314 e. The highest BCUT2D eigenvalue weighted by atomic mass is 31.2. The minimum atomic E-state index is -2.80. The summed E-state index contributed by atoms with van der Waals surface area (Å²) in [5.74, 6) is 0. The molecule has 5 aromatic carbocycles. The van der Waals surface area contributed by atoms with Crippen LogP contribution in [0.1, 0.15) is 5.56 Å². The van der Waals surface area contributed by atoms with Crippen molar-refractivity contribution in [3.8, 4) is 11.1 Å². The molecular weight excluding hydrogens is 383 g/mol. The molecule has 0 aliphatic heterocycles. The van der Waals surface area contributed by atoms with Gasteiger partial charge in [-0.05, 0) is 64.0 Å². The van der Waals surface area contributed by atoms with Gasteiger partial charge in [-0.2, -0.15) is 0 Å². The topological polar surface area (TPSA) is 17.1 Å². The summed E-state index contributed by atoms with van der Waals surface area (Å²) in [4.78, 5) is 0. The SMILES string of the molecule is Cc1ccc2ccccc2c1-c1cc2ccccc2cc1[P@@](C)(=O)c1ccccc1. The Morgan fingerprint density at radius 3 is 1.97 bits per heavy atom. The number of benzene rings is 5. The molecule has 0 N–H and O–H groups in total. The van der Waals surface area contributed by atoms with Crippen molar-refractivity contribution in [1.29, 1.82) is 0 Å². The fourth-order valence-electron chi connectivity index (χ4n) is 4.37. The van der Waals surface area contributed by atoms with E-state index in [1.54, 1.807) is 0 Å². The maximum Gasteiger partial charge on any atom is 0.140 e. The van der Waals surface area contributed by atoms with Crippen LogP contribution in [0.2, 0.25) is 0 Å². The first-order valence-electron chi connectivity index (χ1n) is 10.2. The van der Waals surface area contributed by atoms with Crippen LogP contribution in [0.5, 0.6) is 0 Å². The second-order valence-corrected chi connectivity index (χ2v) is 10.8. The maximum absolute atomic E-state index is 14.3. The summed E-state index contributed by atoms with van der Waals surface area (Å²) in [5.41, 5.74) is 3.43. The number of fused-ring (bicyclic) bond motifs is 2. The zero-order valence-electron chi connectivity index (χ0n) is 17.2. The molecule has 0 aromatic heterocycles. The summed E-state index contributed by atoms with van der Waals surface area (Å²) >= 11 is 0. The van der Waals surface area contributed by atoms with Crippen LogP contribution in [-0.2, 0) is 4.57 Å². The van der Waals surface area contributed by atoms with Gasteiger partial charge in [0.05, 0.1) is 0 Å².